The quantitative estimate of drug-likeness (QED) is 0.332. The van der Waals surface area contributed by atoms with Crippen LogP contribution >= 0.6 is 34.9 Å². The number of nitrogens with zero attached hydrogens (tertiary/aromatic N) is 5. The molecule has 0 radical (unpaired) electrons. The Labute approximate surface area is 203 Å². The number of benzene rings is 1. The third-order valence-corrected chi connectivity index (χ3v) is 6.73. The molecule has 2 N–H and O–H groups in total. The Kier molecular flexibility index (Phi) is 7.94. The van der Waals surface area contributed by atoms with Gasteiger partial charge < -0.3 is 14.6 Å². The molecule has 9 nitrogen and oxygen atoms in total. The zero-order valence-electron chi connectivity index (χ0n) is 17.9. The second kappa shape index (κ2) is 11.3. The van der Waals surface area contributed by atoms with Crippen molar-refractivity contribution in [1.82, 2.24) is 30.0 Å². The maximum absolute atomic E-state index is 13.0. The smallest absolute Gasteiger partial charge is 0.277 e. The van der Waals surface area contributed by atoms with Crippen molar-refractivity contribution < 1.29 is 9.53 Å². The van der Waals surface area contributed by atoms with E-state index in [9.17, 15) is 4.79 Å². The lowest BCUT2D eigenvalue weighted by Gasteiger charge is -2.12. The van der Waals surface area contributed by atoms with E-state index in [0.717, 1.165) is 22.1 Å². The Balaban J connectivity index is 1.52. The predicted octanol–water partition coefficient (Wildman–Crippen LogP) is 4.15. The maximum Gasteiger partial charge on any atom is 0.277 e. The molecule has 12 heteroatoms. The summed E-state index contributed by atoms with van der Waals surface area (Å²) in [5, 5.41) is 14.1. The number of hydrogen-bond donors (Lipinski definition) is 2. The van der Waals surface area contributed by atoms with E-state index in [0.29, 0.717) is 27.6 Å². The van der Waals surface area contributed by atoms with Gasteiger partial charge in [0.1, 0.15) is 29.4 Å². The molecule has 170 valence electrons. The molecule has 0 aliphatic heterocycles. The fourth-order valence-corrected chi connectivity index (χ4v) is 4.68. The number of pyridine rings is 1. The average Bonchev–Trinajstić information content (AvgIpc) is 3.50. The van der Waals surface area contributed by atoms with E-state index in [1.807, 2.05) is 50.5 Å². The lowest BCUT2D eigenvalue weighted by molar-refractivity contribution is 0.101. The number of H-pyrrole nitrogens is 1. The van der Waals surface area contributed by atoms with Gasteiger partial charge in [0.05, 0.1) is 0 Å². The third kappa shape index (κ3) is 6.78. The Morgan fingerprint density at radius 2 is 2.03 bits per heavy atom. The number of nitrogens with one attached hydrogen (secondary N) is 2. The van der Waals surface area contributed by atoms with Gasteiger partial charge in [-0.25, -0.2) is 9.97 Å². The number of likely N-dealkylation sites (N-methyl/N-ethyl adjacent to an activating group) is 1. The number of amides is 1. The molecule has 3 aromatic heterocycles. The first kappa shape index (κ1) is 23.2. The van der Waals surface area contributed by atoms with Crippen molar-refractivity contribution in [2.45, 2.75) is 20.0 Å². The first-order chi connectivity index (χ1) is 16.1. The van der Waals surface area contributed by atoms with Crippen molar-refractivity contribution in [1.29, 1.82) is 0 Å². The minimum atomic E-state index is -0.323. The fraction of sp³-hybridized carbons (Fsp3) is 0.190. The first-order valence-corrected chi connectivity index (χ1v) is 12.4. The zero-order chi connectivity index (χ0) is 23.0. The Bertz CT molecular complexity index is 1170. The van der Waals surface area contributed by atoms with Crippen LogP contribution in [0.25, 0.3) is 0 Å². The Morgan fingerprint density at radius 1 is 1.18 bits per heavy atom. The van der Waals surface area contributed by atoms with E-state index in [2.05, 4.69) is 35.4 Å². The maximum atomic E-state index is 13.0. The van der Waals surface area contributed by atoms with Crippen LogP contribution in [-0.2, 0) is 0 Å². The normalized spacial score (nSPS) is 11.0. The highest BCUT2D eigenvalue weighted by Crippen LogP contribution is 2.33. The van der Waals surface area contributed by atoms with Crippen molar-refractivity contribution in [3.05, 3.63) is 60.0 Å². The lowest BCUT2D eigenvalue weighted by atomic mass is 10.3. The molecule has 0 fully saturated rings. The molecule has 1 aromatic carbocycles. The van der Waals surface area contributed by atoms with Crippen LogP contribution in [0.15, 0.2) is 74.3 Å². The predicted molar refractivity (Wildman–Crippen MR) is 129 cm³/mol. The number of rotatable bonds is 10. The van der Waals surface area contributed by atoms with Gasteiger partial charge in [0.15, 0.2) is 10.3 Å². The molecule has 4 aromatic rings. The molecule has 0 unspecified atom stereocenters. The van der Waals surface area contributed by atoms with Crippen LogP contribution in [0.5, 0.6) is 5.75 Å². The minimum Gasteiger partial charge on any atom is -0.492 e. The highest BCUT2D eigenvalue weighted by atomic mass is 32.2. The molecule has 33 heavy (non-hydrogen) atoms. The first-order valence-electron chi connectivity index (χ1n) is 9.88. The number of thiazole rings is 1. The molecule has 0 saturated carbocycles. The summed E-state index contributed by atoms with van der Waals surface area (Å²) in [5.41, 5.74) is 0.311. The number of anilines is 1. The van der Waals surface area contributed by atoms with Crippen LogP contribution in [0.3, 0.4) is 0 Å². The summed E-state index contributed by atoms with van der Waals surface area (Å²) in [4.78, 5) is 28.4. The van der Waals surface area contributed by atoms with Gasteiger partial charge in [-0.2, -0.15) is 0 Å². The topological polar surface area (TPSA) is 109 Å². The third-order valence-electron chi connectivity index (χ3n) is 4.15. The molecule has 4 rings (SSSR count). The molecule has 0 atom stereocenters. The van der Waals surface area contributed by atoms with Crippen LogP contribution in [0.4, 0.5) is 5.13 Å². The molecule has 0 aliphatic carbocycles. The lowest BCUT2D eigenvalue weighted by Crippen LogP contribution is -2.19. The van der Waals surface area contributed by atoms with Gasteiger partial charge in [-0.15, -0.1) is 21.5 Å². The average molecular weight is 500 g/mol. The number of carbonyl (C=O) groups excluding carboxylic acids is 1. The van der Waals surface area contributed by atoms with Crippen LogP contribution in [0, 0.1) is 0 Å². The van der Waals surface area contributed by atoms with Crippen molar-refractivity contribution >= 4 is 45.9 Å². The monoisotopic (exact) mass is 499 g/mol. The minimum absolute atomic E-state index is 0.311. The van der Waals surface area contributed by atoms with E-state index in [1.165, 1.54) is 41.2 Å². The highest BCUT2D eigenvalue weighted by molar-refractivity contribution is 7.99. The number of aromatic nitrogens is 5. The largest absolute Gasteiger partial charge is 0.492 e. The van der Waals surface area contributed by atoms with E-state index < -0.39 is 0 Å². The molecule has 3 heterocycles. The Morgan fingerprint density at radius 3 is 2.73 bits per heavy atom. The van der Waals surface area contributed by atoms with Gasteiger partial charge in [0.25, 0.3) is 5.91 Å². The number of aromatic amines is 1. The SMILES string of the molecule is CN(C)CCOc1ccc(Sc2ccc(Sc3nnc[nH]3)nc2C(=O)Nc2nccs2)cc1. The van der Waals surface area contributed by atoms with Crippen LogP contribution < -0.4 is 10.1 Å². The summed E-state index contributed by atoms with van der Waals surface area (Å²) in [6, 6.07) is 11.5. The van der Waals surface area contributed by atoms with Gasteiger partial charge in [0, 0.05) is 27.9 Å². The highest BCUT2D eigenvalue weighted by Gasteiger charge is 2.18. The van der Waals surface area contributed by atoms with E-state index in [4.69, 9.17) is 4.74 Å². The second-order valence-corrected chi connectivity index (χ2v) is 9.93. The molecule has 0 spiro atoms. The molecular formula is C21H21N7O2S3. The summed E-state index contributed by atoms with van der Waals surface area (Å²) >= 11 is 4.11. The number of carbonyl (C=O) groups is 1. The fourth-order valence-electron chi connectivity index (χ4n) is 2.59. The van der Waals surface area contributed by atoms with Gasteiger partial charge in [-0.1, -0.05) is 11.8 Å². The van der Waals surface area contributed by atoms with Crippen molar-refractivity contribution in [2.24, 2.45) is 0 Å². The van der Waals surface area contributed by atoms with Crippen molar-refractivity contribution in [2.75, 3.05) is 32.6 Å². The van der Waals surface area contributed by atoms with Crippen LogP contribution in [-0.4, -0.2) is 63.2 Å². The van der Waals surface area contributed by atoms with E-state index in [1.54, 1.807) is 11.6 Å². The van der Waals surface area contributed by atoms with Crippen molar-refractivity contribution in [3.8, 4) is 5.75 Å². The Hall–Kier alpha value is -2.93. The zero-order valence-corrected chi connectivity index (χ0v) is 20.3. The standard InChI is InChI=1S/C21H21N7O2S3/c1-28(2)10-11-30-14-3-5-15(6-4-14)32-16-7-8-17(33-21-23-13-24-27-21)25-18(16)19(29)26-20-22-9-12-31-20/h3-9,12-13H,10-11H2,1-2H3,(H,22,26,29)(H,23,24,27). The molecule has 0 bridgehead atoms. The van der Waals surface area contributed by atoms with E-state index >= 15 is 0 Å². The molecule has 0 aliphatic rings. The van der Waals surface area contributed by atoms with E-state index in [-0.39, 0.29) is 5.91 Å². The second-order valence-electron chi connectivity index (χ2n) is 6.91. The van der Waals surface area contributed by atoms with Crippen LogP contribution in [0.1, 0.15) is 10.5 Å². The molecule has 1 amide bonds. The molecule has 0 saturated heterocycles. The van der Waals surface area contributed by atoms with Gasteiger partial charge in [0.2, 0.25) is 0 Å². The molecular weight excluding hydrogens is 478 g/mol. The summed E-state index contributed by atoms with van der Waals surface area (Å²) < 4.78 is 5.76. The summed E-state index contributed by atoms with van der Waals surface area (Å²) in [6.07, 6.45) is 3.14. The van der Waals surface area contributed by atoms with Gasteiger partial charge in [-0.05, 0) is 62.3 Å². The van der Waals surface area contributed by atoms with Gasteiger partial charge in [-0.3, -0.25) is 10.1 Å². The summed E-state index contributed by atoms with van der Waals surface area (Å²) in [6.45, 7) is 1.47. The van der Waals surface area contributed by atoms with Crippen molar-refractivity contribution in [3.63, 3.8) is 0 Å². The summed E-state index contributed by atoms with van der Waals surface area (Å²) in [7, 11) is 4.02. The van der Waals surface area contributed by atoms with Crippen LogP contribution in [0.2, 0.25) is 0 Å². The summed E-state index contributed by atoms with van der Waals surface area (Å²) in [5.74, 6) is 0.482. The number of ether oxygens (including phenoxy) is 1. The van der Waals surface area contributed by atoms with Gasteiger partial charge >= 0.3 is 0 Å². The number of hydrogen-bond acceptors (Lipinski definition) is 10.